The Morgan fingerprint density at radius 1 is 0.619 bits per heavy atom. The Labute approximate surface area is 257 Å². The van der Waals surface area contributed by atoms with Crippen LogP contribution in [-0.2, 0) is 9.59 Å². The molecule has 4 saturated heterocycles. The van der Waals surface area contributed by atoms with Crippen LogP contribution in [0.5, 0.6) is 0 Å². The second-order valence-corrected chi connectivity index (χ2v) is 15.7. The lowest BCUT2D eigenvalue weighted by Crippen LogP contribution is -2.64. The molecule has 2 N–H and O–H groups in total. The molecular formula is C36H66N2O4+2. The van der Waals surface area contributed by atoms with E-state index in [9.17, 15) is 14.7 Å². The molecule has 6 nitrogen and oxygen atoms in total. The van der Waals surface area contributed by atoms with E-state index < -0.39 is 17.4 Å². The first-order valence-electron chi connectivity index (χ1n) is 18.3. The van der Waals surface area contributed by atoms with E-state index in [0.717, 1.165) is 64.2 Å². The summed E-state index contributed by atoms with van der Waals surface area (Å²) in [5, 5.41) is 20.3. The van der Waals surface area contributed by atoms with Crippen LogP contribution in [0.15, 0.2) is 0 Å². The smallest absolute Gasteiger partial charge is 0.310 e. The summed E-state index contributed by atoms with van der Waals surface area (Å²) in [5.74, 6) is -0.582. The van der Waals surface area contributed by atoms with Crippen molar-refractivity contribution < 1.29 is 28.8 Å². The summed E-state index contributed by atoms with van der Waals surface area (Å²) < 4.78 is 2.41. The first-order valence-corrected chi connectivity index (χ1v) is 18.3. The van der Waals surface area contributed by atoms with Crippen molar-refractivity contribution in [1.82, 2.24) is 0 Å². The fourth-order valence-corrected chi connectivity index (χ4v) is 10.9. The minimum Gasteiger partial charge on any atom is -0.481 e. The van der Waals surface area contributed by atoms with Crippen molar-refractivity contribution in [1.29, 1.82) is 0 Å². The van der Waals surface area contributed by atoms with Crippen molar-refractivity contribution in [2.24, 2.45) is 17.3 Å². The third kappa shape index (κ3) is 6.90. The third-order valence-corrected chi connectivity index (χ3v) is 13.6. The van der Waals surface area contributed by atoms with E-state index in [1.54, 1.807) is 0 Å². The average molecular weight is 591 g/mol. The van der Waals surface area contributed by atoms with Gasteiger partial charge in [0.25, 0.3) is 0 Å². The highest BCUT2D eigenvalue weighted by Crippen LogP contribution is 2.58. The highest BCUT2D eigenvalue weighted by Gasteiger charge is 2.63. The molecule has 0 aromatic carbocycles. The second kappa shape index (κ2) is 14.8. The fraction of sp³-hybridized carbons (Fsp3) is 0.944. The van der Waals surface area contributed by atoms with Crippen molar-refractivity contribution in [3.63, 3.8) is 0 Å². The molecule has 0 spiro atoms. The number of unbranched alkanes of at least 4 members (excludes halogenated alkanes) is 8. The van der Waals surface area contributed by atoms with Gasteiger partial charge in [0, 0.05) is 57.8 Å². The van der Waals surface area contributed by atoms with Gasteiger partial charge in [0.05, 0.1) is 56.8 Å². The van der Waals surface area contributed by atoms with Crippen LogP contribution in [-0.4, -0.2) is 82.5 Å². The first-order chi connectivity index (χ1) is 20.1. The summed E-state index contributed by atoms with van der Waals surface area (Å²) in [6.07, 6.45) is 23.1. The minimum atomic E-state index is -0.709. The molecule has 0 aromatic heterocycles. The Morgan fingerprint density at radius 2 is 1.02 bits per heavy atom. The Morgan fingerprint density at radius 3 is 1.40 bits per heavy atom. The normalized spacial score (nSPS) is 37.0. The monoisotopic (exact) mass is 591 g/mol. The van der Waals surface area contributed by atoms with Crippen LogP contribution in [0.2, 0.25) is 0 Å². The Bertz CT molecular complexity index is 814. The van der Waals surface area contributed by atoms with Gasteiger partial charge >= 0.3 is 11.9 Å². The number of nitrogens with zero attached hydrogens (tertiary/aromatic N) is 2. The van der Waals surface area contributed by atoms with Crippen LogP contribution in [0.3, 0.4) is 0 Å². The summed E-state index contributed by atoms with van der Waals surface area (Å²) >= 11 is 0. The molecule has 4 atom stereocenters. The Balaban J connectivity index is 1.53. The maximum atomic E-state index is 13.8. The third-order valence-electron chi connectivity index (χ3n) is 13.6. The van der Waals surface area contributed by atoms with Gasteiger partial charge in [-0.15, -0.1) is 0 Å². The largest absolute Gasteiger partial charge is 0.481 e. The van der Waals surface area contributed by atoms with Gasteiger partial charge < -0.3 is 19.2 Å². The number of aliphatic carboxylic acids is 2. The van der Waals surface area contributed by atoms with Crippen LogP contribution in [0.1, 0.15) is 149 Å². The summed E-state index contributed by atoms with van der Waals surface area (Å²) in [7, 11) is 5.02. The summed E-state index contributed by atoms with van der Waals surface area (Å²) in [6, 6.07) is 2.54. The number of rotatable bonds is 19. The average Bonchev–Trinajstić information content (AvgIpc) is 3.20. The van der Waals surface area contributed by atoms with Crippen LogP contribution in [0.4, 0.5) is 0 Å². The van der Waals surface area contributed by atoms with E-state index in [2.05, 4.69) is 27.9 Å². The van der Waals surface area contributed by atoms with E-state index >= 15 is 0 Å². The molecule has 4 unspecified atom stereocenters. The zero-order valence-corrected chi connectivity index (χ0v) is 27.8. The maximum absolute atomic E-state index is 13.8. The van der Waals surface area contributed by atoms with Crippen molar-refractivity contribution in [3.05, 3.63) is 0 Å². The number of carboxylic acid groups (broad SMARTS) is 2. The Hall–Kier alpha value is -1.14. The molecule has 4 bridgehead atoms. The SMILES string of the molecule is CCCCC[N+]1(C)C2CCC1CC(C(CCCCCCCC(=O)O)(C(=O)O)C1CC3CCC(C1)[N+]3(C)CCCCC)C2. The van der Waals surface area contributed by atoms with E-state index in [-0.39, 0.29) is 6.42 Å². The lowest BCUT2D eigenvalue weighted by atomic mass is 9.56. The molecule has 6 heteroatoms. The van der Waals surface area contributed by atoms with Crippen LogP contribution < -0.4 is 0 Å². The molecule has 4 rings (SSSR count). The molecule has 0 saturated carbocycles. The molecule has 4 heterocycles. The molecule has 0 aliphatic carbocycles. The fourth-order valence-electron chi connectivity index (χ4n) is 10.9. The highest BCUT2D eigenvalue weighted by molar-refractivity contribution is 5.75. The Kier molecular flexibility index (Phi) is 11.9. The molecule has 0 amide bonds. The van der Waals surface area contributed by atoms with Crippen molar-refractivity contribution >= 4 is 11.9 Å². The van der Waals surface area contributed by atoms with Crippen LogP contribution >= 0.6 is 0 Å². The van der Waals surface area contributed by atoms with E-state index in [1.165, 1.54) is 86.3 Å². The number of piperidine rings is 2. The van der Waals surface area contributed by atoms with Gasteiger partial charge in [0.2, 0.25) is 0 Å². The van der Waals surface area contributed by atoms with Gasteiger partial charge in [-0.05, 0) is 50.4 Å². The molecule has 4 aliphatic heterocycles. The molecule has 4 fully saturated rings. The summed E-state index contributed by atoms with van der Waals surface area (Å²) in [6.45, 7) is 7.12. The standard InChI is InChI=1S/C36H64N2O4/c1-5-7-14-22-37(3)30-17-18-31(37)25-28(24-30)36(35(41)42,21-13-11-9-10-12-16-34(39)40)29-26-32-19-20-33(27-29)38(32,4)23-15-8-6-2/h28-33H,5-27H2,1-4H3/p+2. The number of fused-ring (bicyclic) bond motifs is 4. The number of quaternary nitrogens is 2. The zero-order valence-electron chi connectivity index (χ0n) is 27.8. The lowest BCUT2D eigenvalue weighted by Gasteiger charge is -2.56. The van der Waals surface area contributed by atoms with Crippen LogP contribution in [0.25, 0.3) is 0 Å². The van der Waals surface area contributed by atoms with Gasteiger partial charge in [0.15, 0.2) is 0 Å². The van der Waals surface area contributed by atoms with Crippen molar-refractivity contribution in [3.8, 4) is 0 Å². The van der Waals surface area contributed by atoms with E-state index in [1.807, 2.05) is 0 Å². The van der Waals surface area contributed by atoms with Gasteiger partial charge in [0.1, 0.15) is 0 Å². The zero-order chi connectivity index (χ0) is 30.4. The van der Waals surface area contributed by atoms with Crippen LogP contribution in [0, 0.1) is 17.3 Å². The van der Waals surface area contributed by atoms with Gasteiger partial charge in [-0.1, -0.05) is 52.4 Å². The van der Waals surface area contributed by atoms with Gasteiger partial charge in [-0.25, -0.2) is 0 Å². The van der Waals surface area contributed by atoms with E-state index in [4.69, 9.17) is 5.11 Å². The molecule has 4 aliphatic rings. The predicted molar refractivity (Wildman–Crippen MR) is 170 cm³/mol. The lowest BCUT2D eigenvalue weighted by molar-refractivity contribution is -0.951. The number of carboxylic acids is 2. The van der Waals surface area contributed by atoms with Gasteiger partial charge in [-0.2, -0.15) is 0 Å². The maximum Gasteiger partial charge on any atom is 0.310 e. The molecule has 0 aromatic rings. The quantitative estimate of drug-likeness (QED) is 0.118. The van der Waals surface area contributed by atoms with Crippen molar-refractivity contribution in [2.75, 3.05) is 27.2 Å². The predicted octanol–water partition coefficient (Wildman–Crippen LogP) is 8.03. The number of carbonyl (C=O) groups is 2. The topological polar surface area (TPSA) is 74.6 Å². The molecule has 42 heavy (non-hydrogen) atoms. The van der Waals surface area contributed by atoms with E-state index in [0.29, 0.717) is 36.0 Å². The second-order valence-electron chi connectivity index (χ2n) is 15.7. The summed E-state index contributed by atoms with van der Waals surface area (Å²) in [5.41, 5.74) is -0.591. The molecule has 0 radical (unpaired) electrons. The molecular weight excluding hydrogens is 524 g/mol. The van der Waals surface area contributed by atoms with Crippen molar-refractivity contribution in [2.45, 2.75) is 173 Å². The van der Waals surface area contributed by atoms with Gasteiger partial charge in [-0.3, -0.25) is 9.59 Å². The number of hydrogen-bond donors (Lipinski definition) is 2. The number of hydrogen-bond acceptors (Lipinski definition) is 2. The first kappa shape index (κ1) is 33.7. The highest BCUT2D eigenvalue weighted by atomic mass is 16.4. The molecule has 242 valence electrons. The minimum absolute atomic E-state index is 0.249. The summed E-state index contributed by atoms with van der Waals surface area (Å²) in [4.78, 5) is 24.7.